The highest BCUT2D eigenvalue weighted by molar-refractivity contribution is 6.31. The zero-order valence-electron chi connectivity index (χ0n) is 16.6. The van der Waals surface area contributed by atoms with Crippen LogP contribution in [0.3, 0.4) is 0 Å². The van der Waals surface area contributed by atoms with E-state index in [1.807, 2.05) is 29.2 Å². The normalized spacial score (nSPS) is 16.6. The van der Waals surface area contributed by atoms with Crippen LogP contribution in [-0.4, -0.2) is 44.6 Å². The molecule has 8 heteroatoms. The van der Waals surface area contributed by atoms with E-state index < -0.39 is 0 Å². The molecule has 1 unspecified atom stereocenters. The molecular formula is C21H28ClN5O2. The summed E-state index contributed by atoms with van der Waals surface area (Å²) in [7, 11) is 0. The van der Waals surface area contributed by atoms with Gasteiger partial charge in [-0.1, -0.05) is 29.8 Å². The van der Waals surface area contributed by atoms with E-state index in [0.717, 1.165) is 44.3 Å². The Morgan fingerprint density at radius 3 is 2.90 bits per heavy atom. The van der Waals surface area contributed by atoms with Crippen molar-refractivity contribution in [2.45, 2.75) is 51.6 Å². The Balaban J connectivity index is 1.35. The molecule has 0 aliphatic carbocycles. The molecule has 1 aliphatic rings. The zero-order valence-corrected chi connectivity index (χ0v) is 17.4. The number of rotatable bonds is 9. The van der Waals surface area contributed by atoms with Crippen LogP contribution in [-0.2, 0) is 22.7 Å². The van der Waals surface area contributed by atoms with Gasteiger partial charge in [-0.25, -0.2) is 4.98 Å². The molecule has 1 N–H and O–H groups in total. The molecule has 156 valence electrons. The number of hydrogen-bond donors (Lipinski definition) is 1. The Kier molecular flexibility index (Phi) is 8.04. The Hall–Kier alpha value is -2.41. The molecule has 1 aromatic carbocycles. The first-order chi connectivity index (χ1) is 14.1. The topological polar surface area (TPSA) is 80.1 Å². The highest BCUT2D eigenvalue weighted by Gasteiger charge is 2.23. The van der Waals surface area contributed by atoms with Crippen molar-refractivity contribution in [3.8, 4) is 0 Å². The Labute approximate surface area is 176 Å². The molecule has 0 spiro atoms. The van der Waals surface area contributed by atoms with Crippen molar-refractivity contribution in [3.05, 3.63) is 47.5 Å². The second-order valence-electron chi connectivity index (χ2n) is 7.52. The minimum atomic E-state index is 0.0289. The molecule has 29 heavy (non-hydrogen) atoms. The summed E-state index contributed by atoms with van der Waals surface area (Å²) >= 11 is 6.12. The van der Waals surface area contributed by atoms with E-state index in [1.165, 1.54) is 6.33 Å². The number of amides is 2. The third-order valence-electron chi connectivity index (χ3n) is 5.33. The second-order valence-corrected chi connectivity index (χ2v) is 7.92. The second kappa shape index (κ2) is 11.0. The van der Waals surface area contributed by atoms with Gasteiger partial charge in [-0.2, -0.15) is 5.10 Å². The number of carbonyl (C=O) groups is 2. The van der Waals surface area contributed by atoms with Gasteiger partial charge in [0.25, 0.3) is 0 Å². The SMILES string of the molecule is O=C(CCC1CCCN(C(=O)CCCn2cncn2)C1)NCc1ccccc1Cl. The van der Waals surface area contributed by atoms with Crippen molar-refractivity contribution in [2.75, 3.05) is 13.1 Å². The standard InChI is InChI=1S/C21H28ClN5O2/c22-19-7-2-1-6-18(19)13-24-20(28)10-9-17-5-3-11-26(14-17)21(29)8-4-12-27-16-23-15-25-27/h1-2,6-7,15-17H,3-5,8-14H2,(H,24,28). The average molecular weight is 418 g/mol. The van der Waals surface area contributed by atoms with Crippen LogP contribution < -0.4 is 5.32 Å². The number of nitrogens with zero attached hydrogens (tertiary/aromatic N) is 4. The fraction of sp³-hybridized carbons (Fsp3) is 0.524. The lowest BCUT2D eigenvalue weighted by Crippen LogP contribution is -2.40. The van der Waals surface area contributed by atoms with Crippen LogP contribution in [0.2, 0.25) is 5.02 Å². The van der Waals surface area contributed by atoms with Crippen LogP contribution in [0.4, 0.5) is 0 Å². The summed E-state index contributed by atoms with van der Waals surface area (Å²) in [6.07, 6.45) is 7.79. The predicted octanol–water partition coefficient (Wildman–Crippen LogP) is 3.05. The van der Waals surface area contributed by atoms with Gasteiger partial charge in [0.15, 0.2) is 0 Å². The van der Waals surface area contributed by atoms with Crippen LogP contribution in [0.25, 0.3) is 0 Å². The van der Waals surface area contributed by atoms with Gasteiger partial charge in [0.1, 0.15) is 12.7 Å². The lowest BCUT2D eigenvalue weighted by Gasteiger charge is -2.33. The van der Waals surface area contributed by atoms with Gasteiger partial charge in [-0.3, -0.25) is 14.3 Å². The summed E-state index contributed by atoms with van der Waals surface area (Å²) in [5, 5.41) is 7.66. The van der Waals surface area contributed by atoms with Gasteiger partial charge >= 0.3 is 0 Å². The maximum atomic E-state index is 12.5. The van der Waals surface area contributed by atoms with E-state index in [1.54, 1.807) is 11.0 Å². The lowest BCUT2D eigenvalue weighted by molar-refractivity contribution is -0.133. The third kappa shape index (κ3) is 6.85. The number of halogens is 1. The van der Waals surface area contributed by atoms with E-state index in [2.05, 4.69) is 15.4 Å². The smallest absolute Gasteiger partial charge is 0.222 e. The first-order valence-corrected chi connectivity index (χ1v) is 10.6. The molecule has 7 nitrogen and oxygen atoms in total. The molecule has 1 aliphatic heterocycles. The molecule has 2 aromatic rings. The molecule has 1 saturated heterocycles. The van der Waals surface area contributed by atoms with E-state index in [-0.39, 0.29) is 11.8 Å². The van der Waals surface area contributed by atoms with Crippen molar-refractivity contribution in [1.29, 1.82) is 0 Å². The molecule has 1 atom stereocenters. The number of benzene rings is 1. The van der Waals surface area contributed by atoms with E-state index in [9.17, 15) is 9.59 Å². The van der Waals surface area contributed by atoms with Crippen LogP contribution in [0.15, 0.2) is 36.9 Å². The maximum Gasteiger partial charge on any atom is 0.222 e. The first kappa shape index (κ1) is 21.3. The molecule has 0 saturated carbocycles. The Morgan fingerprint density at radius 1 is 1.24 bits per heavy atom. The van der Waals surface area contributed by atoms with Gasteiger partial charge in [-0.05, 0) is 43.2 Å². The van der Waals surface area contributed by atoms with Crippen molar-refractivity contribution >= 4 is 23.4 Å². The summed E-state index contributed by atoms with van der Waals surface area (Å²) in [6, 6.07) is 7.52. The highest BCUT2D eigenvalue weighted by atomic mass is 35.5. The van der Waals surface area contributed by atoms with Crippen molar-refractivity contribution in [1.82, 2.24) is 25.0 Å². The monoisotopic (exact) mass is 417 g/mol. The lowest BCUT2D eigenvalue weighted by atomic mass is 9.93. The molecule has 0 bridgehead atoms. The molecule has 3 rings (SSSR count). The number of nitrogens with one attached hydrogen (secondary N) is 1. The summed E-state index contributed by atoms with van der Waals surface area (Å²) in [6.45, 7) is 2.71. The molecule has 1 fully saturated rings. The summed E-state index contributed by atoms with van der Waals surface area (Å²) in [4.78, 5) is 30.5. The molecular weight excluding hydrogens is 390 g/mol. The minimum absolute atomic E-state index is 0.0289. The minimum Gasteiger partial charge on any atom is -0.352 e. The number of aromatic nitrogens is 3. The van der Waals surface area contributed by atoms with E-state index in [4.69, 9.17) is 11.6 Å². The van der Waals surface area contributed by atoms with E-state index >= 15 is 0 Å². The Bertz CT molecular complexity index is 796. The van der Waals surface area contributed by atoms with Crippen LogP contribution in [0.5, 0.6) is 0 Å². The van der Waals surface area contributed by atoms with Crippen LogP contribution in [0.1, 0.15) is 44.1 Å². The number of hydrogen-bond acceptors (Lipinski definition) is 4. The molecule has 0 radical (unpaired) electrons. The van der Waals surface area contributed by atoms with Crippen molar-refractivity contribution in [2.24, 2.45) is 5.92 Å². The predicted molar refractivity (Wildman–Crippen MR) is 111 cm³/mol. The number of piperidine rings is 1. The van der Waals surface area contributed by atoms with Gasteiger partial charge in [-0.15, -0.1) is 0 Å². The van der Waals surface area contributed by atoms with Gasteiger partial charge in [0.2, 0.25) is 11.8 Å². The summed E-state index contributed by atoms with van der Waals surface area (Å²) in [5.74, 6) is 0.605. The highest BCUT2D eigenvalue weighted by Crippen LogP contribution is 2.22. The maximum absolute atomic E-state index is 12.5. The molecule has 1 aromatic heterocycles. The average Bonchev–Trinajstić information content (AvgIpc) is 3.25. The third-order valence-corrected chi connectivity index (χ3v) is 5.70. The largest absolute Gasteiger partial charge is 0.352 e. The quantitative estimate of drug-likeness (QED) is 0.680. The molecule has 2 heterocycles. The summed E-state index contributed by atoms with van der Waals surface area (Å²) < 4.78 is 1.74. The number of aryl methyl sites for hydroxylation is 1. The Morgan fingerprint density at radius 2 is 2.10 bits per heavy atom. The molecule has 2 amide bonds. The van der Waals surface area contributed by atoms with Gasteiger partial charge in [0, 0.05) is 44.0 Å². The van der Waals surface area contributed by atoms with Crippen molar-refractivity contribution in [3.63, 3.8) is 0 Å². The van der Waals surface area contributed by atoms with Crippen molar-refractivity contribution < 1.29 is 9.59 Å². The number of carbonyl (C=O) groups excluding carboxylic acids is 2. The van der Waals surface area contributed by atoms with Gasteiger partial charge < -0.3 is 10.2 Å². The zero-order chi connectivity index (χ0) is 20.5. The first-order valence-electron chi connectivity index (χ1n) is 10.2. The number of likely N-dealkylation sites (tertiary alicyclic amines) is 1. The fourth-order valence-electron chi connectivity index (χ4n) is 3.68. The van der Waals surface area contributed by atoms with Gasteiger partial charge in [0.05, 0.1) is 0 Å². The van der Waals surface area contributed by atoms with E-state index in [0.29, 0.717) is 36.9 Å². The van der Waals surface area contributed by atoms with Crippen LogP contribution >= 0.6 is 11.6 Å². The fourth-order valence-corrected chi connectivity index (χ4v) is 3.89. The summed E-state index contributed by atoms with van der Waals surface area (Å²) in [5.41, 5.74) is 0.919. The van der Waals surface area contributed by atoms with Crippen LogP contribution in [0, 0.1) is 5.92 Å².